The molecular weight excluding hydrogens is 264 g/mol. The first-order valence-electron chi connectivity index (χ1n) is 6.52. The van der Waals surface area contributed by atoms with E-state index in [-0.39, 0.29) is 37.2 Å². The Morgan fingerprint density at radius 3 is 2.30 bits per heavy atom. The SMILES string of the molecule is CCC(=O)NC(N)=NCCCC(NC(=O)CC)C(=O)O. The van der Waals surface area contributed by atoms with Crippen molar-refractivity contribution in [1.29, 1.82) is 0 Å². The van der Waals surface area contributed by atoms with Gasteiger partial charge in [-0.15, -0.1) is 0 Å². The van der Waals surface area contributed by atoms with Crippen LogP contribution in [0.1, 0.15) is 39.5 Å². The van der Waals surface area contributed by atoms with E-state index in [0.29, 0.717) is 12.8 Å². The zero-order valence-electron chi connectivity index (χ0n) is 11.8. The molecule has 0 fully saturated rings. The molecule has 0 aromatic heterocycles. The second-order valence-electron chi connectivity index (χ2n) is 4.12. The van der Waals surface area contributed by atoms with Crippen LogP contribution in [0.2, 0.25) is 0 Å². The lowest BCUT2D eigenvalue weighted by Crippen LogP contribution is -2.40. The maximum absolute atomic E-state index is 11.2. The number of nitrogens with two attached hydrogens (primary N) is 1. The molecule has 1 unspecified atom stereocenters. The van der Waals surface area contributed by atoms with Gasteiger partial charge in [0.2, 0.25) is 11.8 Å². The molecule has 114 valence electrons. The van der Waals surface area contributed by atoms with Crippen LogP contribution in [0, 0.1) is 0 Å². The van der Waals surface area contributed by atoms with Crippen LogP contribution in [0.4, 0.5) is 0 Å². The molecule has 0 aliphatic carbocycles. The summed E-state index contributed by atoms with van der Waals surface area (Å²) in [5.74, 6) is -1.61. The van der Waals surface area contributed by atoms with E-state index in [1.165, 1.54) is 0 Å². The van der Waals surface area contributed by atoms with Crippen LogP contribution >= 0.6 is 0 Å². The van der Waals surface area contributed by atoms with Gasteiger partial charge in [-0.2, -0.15) is 0 Å². The second-order valence-corrected chi connectivity index (χ2v) is 4.12. The molecule has 0 heterocycles. The number of amides is 2. The van der Waals surface area contributed by atoms with Crippen LogP contribution in [-0.4, -0.2) is 41.4 Å². The topological polar surface area (TPSA) is 134 Å². The number of guanidine groups is 1. The van der Waals surface area contributed by atoms with Crippen molar-refractivity contribution < 1.29 is 19.5 Å². The molecule has 0 rings (SSSR count). The first kappa shape index (κ1) is 17.9. The Morgan fingerprint density at radius 1 is 1.20 bits per heavy atom. The normalized spacial score (nSPS) is 12.6. The van der Waals surface area contributed by atoms with Gasteiger partial charge in [-0.1, -0.05) is 13.8 Å². The van der Waals surface area contributed by atoms with Crippen molar-refractivity contribution in [1.82, 2.24) is 10.6 Å². The fourth-order valence-corrected chi connectivity index (χ4v) is 1.32. The summed E-state index contributed by atoms with van der Waals surface area (Å²) < 4.78 is 0. The van der Waals surface area contributed by atoms with Gasteiger partial charge in [-0.05, 0) is 12.8 Å². The van der Waals surface area contributed by atoms with E-state index in [1.54, 1.807) is 13.8 Å². The quantitative estimate of drug-likeness (QED) is 0.273. The first-order valence-corrected chi connectivity index (χ1v) is 6.52. The molecule has 0 saturated heterocycles. The number of carboxylic acid groups (broad SMARTS) is 1. The van der Waals surface area contributed by atoms with Crippen LogP contribution in [0.15, 0.2) is 4.99 Å². The Bertz CT molecular complexity index is 382. The maximum atomic E-state index is 11.2. The number of carbonyl (C=O) groups excluding carboxylic acids is 2. The van der Waals surface area contributed by atoms with E-state index in [0.717, 1.165) is 0 Å². The van der Waals surface area contributed by atoms with E-state index in [2.05, 4.69) is 15.6 Å². The van der Waals surface area contributed by atoms with E-state index < -0.39 is 12.0 Å². The zero-order valence-corrected chi connectivity index (χ0v) is 11.8. The average Bonchev–Trinajstić information content (AvgIpc) is 2.41. The lowest BCUT2D eigenvalue weighted by molar-refractivity contribution is -0.142. The fraction of sp³-hybridized carbons (Fsp3) is 0.667. The number of aliphatic carboxylic acids is 1. The Balaban J connectivity index is 4.12. The summed E-state index contributed by atoms with van der Waals surface area (Å²) in [5, 5.41) is 13.7. The van der Waals surface area contributed by atoms with Gasteiger partial charge in [-0.25, -0.2) is 4.79 Å². The summed E-state index contributed by atoms with van der Waals surface area (Å²) >= 11 is 0. The highest BCUT2D eigenvalue weighted by atomic mass is 16.4. The number of hydrogen-bond acceptors (Lipinski definition) is 4. The van der Waals surface area contributed by atoms with Gasteiger partial charge < -0.3 is 16.2 Å². The van der Waals surface area contributed by atoms with Crippen LogP contribution in [0.3, 0.4) is 0 Å². The monoisotopic (exact) mass is 286 g/mol. The third-order valence-corrected chi connectivity index (χ3v) is 2.48. The second kappa shape index (κ2) is 9.76. The summed E-state index contributed by atoms with van der Waals surface area (Å²) in [6.07, 6.45) is 1.22. The zero-order chi connectivity index (χ0) is 15.5. The van der Waals surface area contributed by atoms with Crippen molar-refractivity contribution in [2.75, 3.05) is 6.54 Å². The third-order valence-electron chi connectivity index (χ3n) is 2.48. The summed E-state index contributed by atoms with van der Waals surface area (Å²) in [6.45, 7) is 3.62. The van der Waals surface area contributed by atoms with Gasteiger partial charge in [0.05, 0.1) is 0 Å². The number of aliphatic imine (C=N–C) groups is 1. The van der Waals surface area contributed by atoms with Crippen molar-refractivity contribution >= 4 is 23.7 Å². The third kappa shape index (κ3) is 8.06. The minimum Gasteiger partial charge on any atom is -0.480 e. The number of rotatable bonds is 8. The van der Waals surface area contributed by atoms with E-state index >= 15 is 0 Å². The van der Waals surface area contributed by atoms with Gasteiger partial charge >= 0.3 is 5.97 Å². The van der Waals surface area contributed by atoms with Crippen molar-refractivity contribution in [3.63, 3.8) is 0 Å². The van der Waals surface area contributed by atoms with Gasteiger partial charge in [0, 0.05) is 19.4 Å². The lowest BCUT2D eigenvalue weighted by Gasteiger charge is -2.13. The molecule has 0 aromatic rings. The van der Waals surface area contributed by atoms with Crippen molar-refractivity contribution in [3.05, 3.63) is 0 Å². The van der Waals surface area contributed by atoms with Gasteiger partial charge in [0.15, 0.2) is 5.96 Å². The largest absolute Gasteiger partial charge is 0.480 e. The predicted octanol–water partition coefficient (Wildman–Crippen LogP) is -0.413. The molecule has 0 spiro atoms. The molecule has 0 bridgehead atoms. The highest BCUT2D eigenvalue weighted by Crippen LogP contribution is 1.99. The smallest absolute Gasteiger partial charge is 0.326 e. The summed E-state index contributed by atoms with van der Waals surface area (Å²) in [7, 11) is 0. The Morgan fingerprint density at radius 2 is 1.80 bits per heavy atom. The Hall–Kier alpha value is -2.12. The van der Waals surface area contributed by atoms with Gasteiger partial charge in [-0.3, -0.25) is 19.9 Å². The van der Waals surface area contributed by atoms with Gasteiger partial charge in [0.1, 0.15) is 6.04 Å². The molecule has 0 aliphatic rings. The van der Waals surface area contributed by atoms with E-state index in [1.807, 2.05) is 0 Å². The Kier molecular flexibility index (Phi) is 8.73. The van der Waals surface area contributed by atoms with Crippen LogP contribution < -0.4 is 16.4 Å². The van der Waals surface area contributed by atoms with Crippen molar-refractivity contribution in [2.24, 2.45) is 10.7 Å². The lowest BCUT2D eigenvalue weighted by atomic mass is 10.1. The molecule has 0 aliphatic heterocycles. The molecule has 0 radical (unpaired) electrons. The van der Waals surface area contributed by atoms with E-state index in [4.69, 9.17) is 10.8 Å². The molecule has 20 heavy (non-hydrogen) atoms. The standard InChI is InChI=1S/C12H22N4O4/c1-3-9(17)15-8(11(19)20)6-5-7-14-12(13)16-10(18)4-2/h8H,3-7H2,1-2H3,(H,15,17)(H,19,20)(H3,13,14,16,18). The van der Waals surface area contributed by atoms with Crippen molar-refractivity contribution in [2.45, 2.75) is 45.6 Å². The first-order chi connectivity index (χ1) is 9.40. The molecule has 0 aromatic carbocycles. The van der Waals surface area contributed by atoms with Crippen molar-refractivity contribution in [3.8, 4) is 0 Å². The van der Waals surface area contributed by atoms with Crippen LogP contribution in [0.25, 0.3) is 0 Å². The summed E-state index contributed by atoms with van der Waals surface area (Å²) in [6, 6.07) is -0.927. The molecule has 2 amide bonds. The number of nitrogens with one attached hydrogen (secondary N) is 2. The summed E-state index contributed by atoms with van der Waals surface area (Å²) in [5.41, 5.74) is 5.46. The average molecular weight is 286 g/mol. The molecule has 0 saturated carbocycles. The Labute approximate surface area is 117 Å². The maximum Gasteiger partial charge on any atom is 0.326 e. The van der Waals surface area contributed by atoms with E-state index in [9.17, 15) is 14.4 Å². The molecule has 8 heteroatoms. The number of carbonyl (C=O) groups is 3. The molecule has 1 atom stereocenters. The van der Waals surface area contributed by atoms with Crippen LogP contribution in [-0.2, 0) is 14.4 Å². The number of nitrogens with zero attached hydrogens (tertiary/aromatic N) is 1. The number of carboxylic acids is 1. The molecule has 5 N–H and O–H groups in total. The predicted molar refractivity (Wildman–Crippen MR) is 74.0 cm³/mol. The highest BCUT2D eigenvalue weighted by molar-refractivity contribution is 5.95. The minimum absolute atomic E-state index is 0.0151. The molecule has 8 nitrogen and oxygen atoms in total. The molecular formula is C12H22N4O4. The van der Waals surface area contributed by atoms with Gasteiger partial charge in [0.25, 0.3) is 0 Å². The summed E-state index contributed by atoms with van der Waals surface area (Å²) in [4.78, 5) is 37.0. The number of hydrogen-bond donors (Lipinski definition) is 4. The van der Waals surface area contributed by atoms with Crippen LogP contribution in [0.5, 0.6) is 0 Å². The minimum atomic E-state index is -1.08. The fourth-order valence-electron chi connectivity index (χ4n) is 1.32. The highest BCUT2D eigenvalue weighted by Gasteiger charge is 2.18.